The van der Waals surface area contributed by atoms with Crippen molar-refractivity contribution in [3.8, 4) is 0 Å². The third-order valence-corrected chi connectivity index (χ3v) is 11.5. The van der Waals surface area contributed by atoms with E-state index in [4.69, 9.17) is 10.7 Å². The van der Waals surface area contributed by atoms with Crippen LogP contribution in [0.4, 0.5) is 17.3 Å². The van der Waals surface area contributed by atoms with Crippen LogP contribution in [0.3, 0.4) is 0 Å². The highest BCUT2D eigenvalue weighted by molar-refractivity contribution is 6.23. The Morgan fingerprint density at radius 3 is 2.43 bits per heavy atom. The fourth-order valence-corrected chi connectivity index (χ4v) is 8.15. The van der Waals surface area contributed by atoms with E-state index in [1.807, 2.05) is 18.2 Å². The zero-order valence-corrected chi connectivity index (χ0v) is 31.8. The van der Waals surface area contributed by atoms with E-state index in [1.165, 1.54) is 5.56 Å². The number of nitrogens with zero attached hydrogens (tertiary/aromatic N) is 7. The summed E-state index contributed by atoms with van der Waals surface area (Å²) in [6, 6.07) is 12.7. The number of benzene rings is 2. The van der Waals surface area contributed by atoms with Gasteiger partial charge in [-0.3, -0.25) is 48.8 Å². The third-order valence-electron chi connectivity index (χ3n) is 11.5. The largest absolute Gasteiger partial charge is 0.364 e. The van der Waals surface area contributed by atoms with E-state index >= 15 is 0 Å². The van der Waals surface area contributed by atoms with Gasteiger partial charge in [-0.25, -0.2) is 9.97 Å². The Labute approximate surface area is 325 Å². The molecule has 0 bridgehead atoms. The lowest BCUT2D eigenvalue weighted by Gasteiger charge is -2.38. The first-order chi connectivity index (χ1) is 27.0. The summed E-state index contributed by atoms with van der Waals surface area (Å²) in [5.41, 5.74) is 9.23. The van der Waals surface area contributed by atoms with Gasteiger partial charge in [0, 0.05) is 57.9 Å². The predicted octanol–water partition coefficient (Wildman–Crippen LogP) is 2.09. The van der Waals surface area contributed by atoms with E-state index in [-0.39, 0.29) is 30.1 Å². The van der Waals surface area contributed by atoms with Gasteiger partial charge in [0.1, 0.15) is 11.9 Å². The van der Waals surface area contributed by atoms with Crippen LogP contribution in [0.15, 0.2) is 48.7 Å². The van der Waals surface area contributed by atoms with Crippen molar-refractivity contribution in [3.63, 3.8) is 0 Å². The molecule has 0 spiro atoms. The molecule has 3 aromatic rings. The van der Waals surface area contributed by atoms with Crippen LogP contribution >= 0.6 is 0 Å². The second kappa shape index (κ2) is 16.5. The summed E-state index contributed by atoms with van der Waals surface area (Å²) in [5.74, 6) is -1.37. The Hall–Kier alpha value is -5.74. The van der Waals surface area contributed by atoms with Gasteiger partial charge in [0.05, 0.1) is 17.3 Å². The fourth-order valence-electron chi connectivity index (χ4n) is 8.15. The molecule has 2 atom stereocenters. The number of carbonyl (C=O) groups is 6. The smallest absolute Gasteiger partial charge is 0.271 e. The van der Waals surface area contributed by atoms with Crippen LogP contribution in [0.25, 0.3) is 0 Å². The van der Waals surface area contributed by atoms with E-state index in [0.29, 0.717) is 36.2 Å². The molecule has 4 aliphatic heterocycles. The maximum Gasteiger partial charge on any atom is 0.271 e. The minimum absolute atomic E-state index is 0.0683. The Bertz CT molecular complexity index is 2020. The highest BCUT2D eigenvalue weighted by Crippen LogP contribution is 2.32. The molecule has 4 aliphatic rings. The lowest BCUT2D eigenvalue weighted by atomic mass is 9.89. The molecule has 294 valence electrons. The minimum Gasteiger partial charge on any atom is -0.364 e. The molecule has 0 aliphatic carbocycles. The van der Waals surface area contributed by atoms with Crippen molar-refractivity contribution in [1.82, 2.24) is 34.9 Å². The maximum atomic E-state index is 13.3. The maximum absolute atomic E-state index is 13.3. The van der Waals surface area contributed by atoms with E-state index in [1.54, 1.807) is 30.3 Å². The van der Waals surface area contributed by atoms with Crippen LogP contribution in [0.2, 0.25) is 0 Å². The number of hydrogen-bond acceptors (Lipinski definition) is 12. The summed E-state index contributed by atoms with van der Waals surface area (Å²) in [7, 11) is 3.84. The summed E-state index contributed by atoms with van der Waals surface area (Å²) in [5, 5.41) is 5.51. The Balaban J connectivity index is 0.942. The number of likely N-dealkylation sites (tertiary alicyclic amines) is 1. The molecule has 2 aromatic carbocycles. The molecule has 1 aromatic heterocycles. The first-order valence-corrected chi connectivity index (χ1v) is 19.2. The zero-order chi connectivity index (χ0) is 39.5. The highest BCUT2D eigenvalue weighted by atomic mass is 16.2. The van der Waals surface area contributed by atoms with Gasteiger partial charge in [-0.05, 0) is 93.6 Å². The number of imide groups is 2. The number of carbonyl (C=O) groups excluding carboxylic acids is 6. The number of anilines is 3. The van der Waals surface area contributed by atoms with Crippen LogP contribution in [0, 0.1) is 0 Å². The number of piperidine rings is 3. The standard InChI is InChI=1S/C40H48N10O6/c1-46(24-51)18-19-47(2)29-4-3-15-49(23-29)33-21-42-35(36(41)53)37(44-33)43-28-8-6-26(7-9-28)27-13-16-48(17-14-27)22-25-5-10-30-31(20-25)40(56)50(39(30)55)32-11-12-34(52)45-38(32)54/h5-10,20-21,24,27,29,32H,3-4,11-19,22-23H2,1-2H3,(H2,41,53)(H,43,44)(H,45,52,54)/t29-,32?/m1/s1. The number of rotatable bonds is 13. The monoisotopic (exact) mass is 764 g/mol. The van der Waals surface area contributed by atoms with Gasteiger partial charge >= 0.3 is 0 Å². The van der Waals surface area contributed by atoms with Crippen molar-refractivity contribution in [2.24, 2.45) is 5.73 Å². The van der Waals surface area contributed by atoms with Gasteiger partial charge in [-0.1, -0.05) is 18.2 Å². The summed E-state index contributed by atoms with van der Waals surface area (Å²) in [4.78, 5) is 92.4. The molecule has 3 fully saturated rings. The SMILES string of the molecule is CN(C=O)CCN(C)[C@@H]1CCCN(c2cnc(C(N)=O)c(Nc3ccc(C4CCN(Cc5ccc6c(c5)C(=O)N(C5CCC(=O)NC5=O)C6=O)CC4)cc3)n2)C1. The second-order valence-corrected chi connectivity index (χ2v) is 15.2. The molecule has 5 heterocycles. The number of hydrogen-bond donors (Lipinski definition) is 3. The number of aromatic nitrogens is 2. The van der Waals surface area contributed by atoms with Crippen molar-refractivity contribution in [2.75, 3.05) is 63.6 Å². The van der Waals surface area contributed by atoms with Crippen LogP contribution in [-0.2, 0) is 20.9 Å². The summed E-state index contributed by atoms with van der Waals surface area (Å²) < 4.78 is 0. The number of fused-ring (bicyclic) bond motifs is 1. The quantitative estimate of drug-likeness (QED) is 0.170. The van der Waals surface area contributed by atoms with Crippen molar-refractivity contribution in [2.45, 2.75) is 63.1 Å². The molecule has 56 heavy (non-hydrogen) atoms. The normalized spacial score (nSPS) is 20.6. The van der Waals surface area contributed by atoms with Gasteiger partial charge in [-0.2, -0.15) is 0 Å². The van der Waals surface area contributed by atoms with Crippen LogP contribution < -0.4 is 21.3 Å². The summed E-state index contributed by atoms with van der Waals surface area (Å²) in [6.07, 6.45) is 6.54. The molecule has 16 heteroatoms. The second-order valence-electron chi connectivity index (χ2n) is 15.2. The number of likely N-dealkylation sites (N-methyl/N-ethyl adjacent to an activating group) is 2. The van der Waals surface area contributed by atoms with Crippen LogP contribution in [-0.4, -0.2) is 131 Å². The van der Waals surface area contributed by atoms with Crippen molar-refractivity contribution >= 4 is 53.3 Å². The predicted molar refractivity (Wildman–Crippen MR) is 207 cm³/mol. The van der Waals surface area contributed by atoms with Crippen LogP contribution in [0.5, 0.6) is 0 Å². The van der Waals surface area contributed by atoms with E-state index in [0.717, 1.165) is 81.0 Å². The lowest BCUT2D eigenvalue weighted by molar-refractivity contribution is -0.136. The van der Waals surface area contributed by atoms with Gasteiger partial charge in [0.2, 0.25) is 18.2 Å². The Kier molecular flexibility index (Phi) is 11.4. The number of amides is 6. The molecular weight excluding hydrogens is 717 g/mol. The molecule has 16 nitrogen and oxygen atoms in total. The summed E-state index contributed by atoms with van der Waals surface area (Å²) in [6.45, 7) is 5.30. The Morgan fingerprint density at radius 2 is 1.71 bits per heavy atom. The number of primary amides is 1. The first-order valence-electron chi connectivity index (χ1n) is 19.2. The van der Waals surface area contributed by atoms with Gasteiger partial charge < -0.3 is 20.9 Å². The summed E-state index contributed by atoms with van der Waals surface area (Å²) >= 11 is 0. The number of nitrogens with two attached hydrogens (primary N) is 1. The molecule has 1 unspecified atom stereocenters. The van der Waals surface area contributed by atoms with Gasteiger partial charge in [0.15, 0.2) is 11.5 Å². The molecule has 7 rings (SSSR count). The van der Waals surface area contributed by atoms with Crippen LogP contribution in [0.1, 0.15) is 86.8 Å². The Morgan fingerprint density at radius 1 is 0.964 bits per heavy atom. The van der Waals surface area contributed by atoms with E-state index in [9.17, 15) is 28.8 Å². The molecule has 0 saturated carbocycles. The molecular formula is C40H48N10O6. The highest BCUT2D eigenvalue weighted by Gasteiger charge is 2.44. The third kappa shape index (κ3) is 8.26. The van der Waals surface area contributed by atoms with Crippen molar-refractivity contribution in [3.05, 3.63) is 76.6 Å². The van der Waals surface area contributed by atoms with Crippen molar-refractivity contribution < 1.29 is 28.8 Å². The average Bonchev–Trinajstić information content (AvgIpc) is 3.45. The molecule has 0 radical (unpaired) electrons. The van der Waals surface area contributed by atoms with E-state index < -0.39 is 35.6 Å². The zero-order valence-electron chi connectivity index (χ0n) is 31.8. The van der Waals surface area contributed by atoms with Crippen molar-refractivity contribution in [1.29, 1.82) is 0 Å². The fraction of sp³-hybridized carbons (Fsp3) is 0.450. The topological polar surface area (TPSA) is 194 Å². The minimum atomic E-state index is -0.985. The molecule has 4 N–H and O–H groups in total. The average molecular weight is 765 g/mol. The molecule has 3 saturated heterocycles. The first kappa shape index (κ1) is 38.5. The lowest BCUT2D eigenvalue weighted by Crippen LogP contribution is -2.54. The van der Waals surface area contributed by atoms with Gasteiger partial charge in [-0.15, -0.1) is 0 Å². The van der Waals surface area contributed by atoms with Gasteiger partial charge in [0.25, 0.3) is 17.7 Å². The molecule has 6 amide bonds. The number of nitrogens with one attached hydrogen (secondary N) is 2. The van der Waals surface area contributed by atoms with E-state index in [2.05, 4.69) is 49.5 Å².